The van der Waals surface area contributed by atoms with Crippen molar-refractivity contribution in [3.05, 3.63) is 46.5 Å². The van der Waals surface area contributed by atoms with Crippen molar-refractivity contribution in [3.8, 4) is 0 Å². The molecule has 0 saturated heterocycles. The number of nitrogens with one attached hydrogen (secondary N) is 1. The van der Waals surface area contributed by atoms with Crippen molar-refractivity contribution in [1.82, 2.24) is 10.3 Å². The van der Waals surface area contributed by atoms with Crippen molar-refractivity contribution in [2.24, 2.45) is 5.73 Å². The molecule has 0 spiro atoms. The van der Waals surface area contributed by atoms with Gasteiger partial charge in [-0.2, -0.15) is 0 Å². The number of thiazole rings is 1. The fourth-order valence-electron chi connectivity index (χ4n) is 1.65. The summed E-state index contributed by atoms with van der Waals surface area (Å²) in [4.78, 5) is 27.3. The van der Waals surface area contributed by atoms with Gasteiger partial charge in [0, 0.05) is 22.4 Å². The number of primary amides is 1. The Morgan fingerprint density at radius 2 is 2.05 bits per heavy atom. The summed E-state index contributed by atoms with van der Waals surface area (Å²) in [6, 6.07) is 6.60. The van der Waals surface area contributed by atoms with Crippen LogP contribution in [0.5, 0.6) is 0 Å². The van der Waals surface area contributed by atoms with Gasteiger partial charge in [0.15, 0.2) is 0 Å². The second-order valence-electron chi connectivity index (χ2n) is 4.84. The van der Waals surface area contributed by atoms with Gasteiger partial charge in [0.1, 0.15) is 10.4 Å². The Kier molecular flexibility index (Phi) is 5.57. The minimum atomic E-state index is -0.684. The van der Waals surface area contributed by atoms with Crippen LogP contribution >= 0.6 is 23.1 Å². The van der Waals surface area contributed by atoms with E-state index in [1.165, 1.54) is 0 Å². The van der Waals surface area contributed by atoms with Crippen LogP contribution in [0.15, 0.2) is 34.0 Å². The standard InChI is InChI=1S/C15H17N3O2S2/c1-9-7-21-15(17-9)22-8-11-3-5-12(6-4-11)14(20)18-10(2)13(16)19/h3-7,10H,8H2,1-2H3,(H2,16,19)(H,18,20). The molecule has 0 fully saturated rings. The molecule has 1 aromatic heterocycles. The fourth-order valence-corrected chi connectivity index (χ4v) is 3.45. The van der Waals surface area contributed by atoms with Gasteiger partial charge in [-0.3, -0.25) is 9.59 Å². The Hall–Kier alpha value is -1.86. The topological polar surface area (TPSA) is 85.1 Å². The highest BCUT2D eigenvalue weighted by Gasteiger charge is 2.13. The normalized spacial score (nSPS) is 11.9. The van der Waals surface area contributed by atoms with Crippen molar-refractivity contribution in [2.75, 3.05) is 0 Å². The highest BCUT2D eigenvalue weighted by Crippen LogP contribution is 2.26. The van der Waals surface area contributed by atoms with Crippen molar-refractivity contribution >= 4 is 34.9 Å². The SMILES string of the molecule is Cc1csc(SCc2ccc(C(=O)NC(C)C(N)=O)cc2)n1. The molecular weight excluding hydrogens is 318 g/mol. The zero-order valence-electron chi connectivity index (χ0n) is 12.3. The largest absolute Gasteiger partial charge is 0.368 e. The number of nitrogens with two attached hydrogens (primary N) is 1. The molecule has 0 aliphatic heterocycles. The Labute approximate surface area is 137 Å². The van der Waals surface area contributed by atoms with E-state index < -0.39 is 11.9 Å². The Morgan fingerprint density at radius 1 is 1.36 bits per heavy atom. The molecule has 1 unspecified atom stereocenters. The number of thioether (sulfide) groups is 1. The molecule has 3 N–H and O–H groups in total. The minimum Gasteiger partial charge on any atom is -0.368 e. The van der Waals surface area contributed by atoms with Gasteiger partial charge in [-0.1, -0.05) is 23.9 Å². The monoisotopic (exact) mass is 335 g/mol. The number of carbonyl (C=O) groups excluding carboxylic acids is 2. The molecule has 2 amide bonds. The summed E-state index contributed by atoms with van der Waals surface area (Å²) in [5.41, 5.74) is 7.77. The average molecular weight is 335 g/mol. The number of hydrogen-bond acceptors (Lipinski definition) is 5. The fraction of sp³-hybridized carbons (Fsp3) is 0.267. The second-order valence-corrected chi connectivity index (χ2v) is 6.92. The zero-order chi connectivity index (χ0) is 16.1. The smallest absolute Gasteiger partial charge is 0.251 e. The number of amides is 2. The van der Waals surface area contributed by atoms with E-state index >= 15 is 0 Å². The number of nitrogens with zero attached hydrogens (tertiary/aromatic N) is 1. The van der Waals surface area contributed by atoms with Crippen molar-refractivity contribution < 1.29 is 9.59 Å². The number of aryl methyl sites for hydroxylation is 1. The first-order valence-corrected chi connectivity index (χ1v) is 8.56. The maximum Gasteiger partial charge on any atom is 0.251 e. The molecule has 5 nitrogen and oxygen atoms in total. The molecular formula is C15H17N3O2S2. The van der Waals surface area contributed by atoms with Gasteiger partial charge in [-0.15, -0.1) is 11.3 Å². The molecule has 0 aliphatic rings. The predicted octanol–water partition coefficient (Wildman–Crippen LogP) is 2.35. The van der Waals surface area contributed by atoms with Crippen LogP contribution in [-0.2, 0) is 10.5 Å². The predicted molar refractivity (Wildman–Crippen MR) is 89.0 cm³/mol. The molecule has 116 valence electrons. The van der Waals surface area contributed by atoms with Crippen LogP contribution in [0, 0.1) is 6.92 Å². The lowest BCUT2D eigenvalue weighted by Crippen LogP contribution is -2.42. The van der Waals surface area contributed by atoms with Gasteiger partial charge >= 0.3 is 0 Å². The highest BCUT2D eigenvalue weighted by atomic mass is 32.2. The number of carbonyl (C=O) groups is 2. The summed E-state index contributed by atoms with van der Waals surface area (Å²) in [5.74, 6) is -0.0619. The molecule has 2 rings (SSSR count). The summed E-state index contributed by atoms with van der Waals surface area (Å²) in [6.45, 7) is 3.53. The van der Waals surface area contributed by atoms with Gasteiger partial charge in [0.25, 0.3) is 5.91 Å². The van der Waals surface area contributed by atoms with E-state index in [0.717, 1.165) is 21.3 Å². The molecule has 1 aromatic carbocycles. The molecule has 22 heavy (non-hydrogen) atoms. The zero-order valence-corrected chi connectivity index (χ0v) is 14.0. The van der Waals surface area contributed by atoms with E-state index in [-0.39, 0.29) is 5.91 Å². The first-order valence-electron chi connectivity index (χ1n) is 6.70. The Morgan fingerprint density at radius 3 is 2.59 bits per heavy atom. The summed E-state index contributed by atoms with van der Waals surface area (Å²) >= 11 is 3.30. The summed E-state index contributed by atoms with van der Waals surface area (Å²) in [5, 5.41) is 4.57. The molecule has 7 heteroatoms. The number of aromatic nitrogens is 1. The van der Waals surface area contributed by atoms with Gasteiger partial charge in [0.2, 0.25) is 5.91 Å². The van der Waals surface area contributed by atoms with E-state index in [2.05, 4.69) is 10.3 Å². The van der Waals surface area contributed by atoms with Crippen LogP contribution in [0.1, 0.15) is 28.5 Å². The van der Waals surface area contributed by atoms with E-state index in [1.807, 2.05) is 24.4 Å². The summed E-state index contributed by atoms with van der Waals surface area (Å²) < 4.78 is 1.04. The van der Waals surface area contributed by atoms with E-state index in [1.54, 1.807) is 42.2 Å². The van der Waals surface area contributed by atoms with Crippen LogP contribution in [-0.4, -0.2) is 22.8 Å². The molecule has 0 bridgehead atoms. The minimum absolute atomic E-state index is 0.305. The lowest BCUT2D eigenvalue weighted by Gasteiger charge is -2.10. The van der Waals surface area contributed by atoms with Crippen LogP contribution in [0.4, 0.5) is 0 Å². The third-order valence-electron chi connectivity index (χ3n) is 2.95. The van der Waals surface area contributed by atoms with E-state index in [0.29, 0.717) is 5.56 Å². The van der Waals surface area contributed by atoms with Gasteiger partial charge < -0.3 is 11.1 Å². The molecule has 0 saturated carbocycles. The van der Waals surface area contributed by atoms with Gasteiger partial charge in [-0.25, -0.2) is 4.98 Å². The van der Waals surface area contributed by atoms with Gasteiger partial charge in [-0.05, 0) is 31.5 Å². The lowest BCUT2D eigenvalue weighted by molar-refractivity contribution is -0.119. The van der Waals surface area contributed by atoms with Crippen molar-refractivity contribution in [2.45, 2.75) is 30.0 Å². The Bertz CT molecular complexity index is 668. The van der Waals surface area contributed by atoms with E-state index in [9.17, 15) is 9.59 Å². The molecule has 2 aromatic rings. The van der Waals surface area contributed by atoms with Crippen molar-refractivity contribution in [1.29, 1.82) is 0 Å². The summed E-state index contributed by atoms with van der Waals surface area (Å²) in [7, 11) is 0. The van der Waals surface area contributed by atoms with Crippen LogP contribution < -0.4 is 11.1 Å². The lowest BCUT2D eigenvalue weighted by atomic mass is 10.1. The van der Waals surface area contributed by atoms with Gasteiger partial charge in [0.05, 0.1) is 0 Å². The molecule has 1 atom stereocenters. The number of hydrogen-bond donors (Lipinski definition) is 2. The number of rotatable bonds is 6. The third-order valence-corrected chi connectivity index (χ3v) is 5.16. The van der Waals surface area contributed by atoms with Crippen molar-refractivity contribution in [3.63, 3.8) is 0 Å². The maximum atomic E-state index is 11.9. The first kappa shape index (κ1) is 16.5. The average Bonchev–Trinajstić information content (AvgIpc) is 2.91. The van der Waals surface area contributed by atoms with E-state index in [4.69, 9.17) is 5.73 Å². The quantitative estimate of drug-likeness (QED) is 0.794. The van der Waals surface area contributed by atoms with Crippen LogP contribution in [0.25, 0.3) is 0 Å². The third kappa shape index (κ3) is 4.57. The first-order chi connectivity index (χ1) is 10.5. The van der Waals surface area contributed by atoms with Crippen LogP contribution in [0.3, 0.4) is 0 Å². The summed E-state index contributed by atoms with van der Waals surface area (Å²) in [6.07, 6.45) is 0. The molecule has 0 radical (unpaired) electrons. The molecule has 1 heterocycles. The Balaban J connectivity index is 1.92. The highest BCUT2D eigenvalue weighted by molar-refractivity contribution is 8.00. The van der Waals surface area contributed by atoms with Crippen LogP contribution in [0.2, 0.25) is 0 Å². The number of benzene rings is 1. The second kappa shape index (κ2) is 7.42. The maximum absolute atomic E-state index is 11.9. The molecule has 0 aliphatic carbocycles.